The molecule has 82 valence electrons. The lowest BCUT2D eigenvalue weighted by molar-refractivity contribution is 0.626. The van der Waals surface area contributed by atoms with Crippen molar-refractivity contribution < 1.29 is 4.39 Å². The normalized spacial score (nSPS) is 10.6. The molecule has 17 heavy (non-hydrogen) atoms. The first-order valence-electron chi connectivity index (χ1n) is 5.29. The molecule has 0 unspecified atom stereocenters. The summed E-state index contributed by atoms with van der Waals surface area (Å²) in [4.78, 5) is 8.27. The van der Waals surface area contributed by atoms with E-state index in [1.165, 1.54) is 18.3 Å². The van der Waals surface area contributed by atoms with Gasteiger partial charge < -0.3 is 0 Å². The van der Waals surface area contributed by atoms with Gasteiger partial charge in [-0.25, -0.2) is 4.39 Å². The monoisotopic (exact) mass is 224 g/mol. The van der Waals surface area contributed by atoms with Crippen LogP contribution < -0.4 is 0 Å². The molecular weight excluding hydrogens is 215 g/mol. The van der Waals surface area contributed by atoms with Gasteiger partial charge in [0.2, 0.25) is 0 Å². The fourth-order valence-electron chi connectivity index (χ4n) is 1.90. The molecule has 0 spiro atoms. The Morgan fingerprint density at radius 2 is 1.94 bits per heavy atom. The Morgan fingerprint density at radius 1 is 1.00 bits per heavy atom. The lowest BCUT2D eigenvalue weighted by atomic mass is 10.0. The molecule has 0 aliphatic carbocycles. The van der Waals surface area contributed by atoms with Crippen LogP contribution in [0, 0.1) is 5.82 Å². The molecule has 2 nitrogen and oxygen atoms in total. The van der Waals surface area contributed by atoms with Crippen LogP contribution >= 0.6 is 0 Å². The van der Waals surface area contributed by atoms with Gasteiger partial charge in [0, 0.05) is 35.6 Å². The minimum Gasteiger partial charge on any atom is -0.264 e. The van der Waals surface area contributed by atoms with E-state index in [0.717, 1.165) is 16.3 Å². The average Bonchev–Trinajstić information content (AvgIpc) is 2.38. The Labute approximate surface area is 97.8 Å². The number of pyridine rings is 2. The first-order valence-corrected chi connectivity index (χ1v) is 5.29. The number of benzene rings is 1. The molecule has 2 aromatic heterocycles. The van der Waals surface area contributed by atoms with Crippen molar-refractivity contribution in [3.63, 3.8) is 0 Å². The third-order valence-corrected chi connectivity index (χ3v) is 2.68. The van der Waals surface area contributed by atoms with Crippen LogP contribution in [0.1, 0.15) is 0 Å². The number of hydrogen-bond acceptors (Lipinski definition) is 2. The maximum Gasteiger partial charge on any atom is 0.126 e. The van der Waals surface area contributed by atoms with E-state index in [0.29, 0.717) is 5.69 Å². The summed E-state index contributed by atoms with van der Waals surface area (Å²) in [5, 5.41) is 2.05. The largest absolute Gasteiger partial charge is 0.264 e. The molecule has 0 atom stereocenters. The summed E-state index contributed by atoms with van der Waals surface area (Å²) in [5.41, 5.74) is 1.56. The minimum atomic E-state index is -0.277. The van der Waals surface area contributed by atoms with E-state index >= 15 is 0 Å². The molecule has 0 fully saturated rings. The summed E-state index contributed by atoms with van der Waals surface area (Å²) >= 11 is 0. The van der Waals surface area contributed by atoms with E-state index < -0.39 is 0 Å². The van der Waals surface area contributed by atoms with Gasteiger partial charge in [0.25, 0.3) is 0 Å². The lowest BCUT2D eigenvalue weighted by Crippen LogP contribution is -1.87. The number of hydrogen-bond donors (Lipinski definition) is 0. The quantitative estimate of drug-likeness (QED) is 0.632. The predicted molar refractivity (Wildman–Crippen MR) is 64.9 cm³/mol. The Hall–Kier alpha value is -2.29. The lowest BCUT2D eigenvalue weighted by Gasteiger charge is -2.05. The SMILES string of the molecule is Fc1ccnc(-c2cccc3cnccc23)c1. The fraction of sp³-hybridized carbons (Fsp3) is 0. The Balaban J connectivity index is 2.30. The smallest absolute Gasteiger partial charge is 0.126 e. The summed E-state index contributed by atoms with van der Waals surface area (Å²) in [5.74, 6) is -0.277. The summed E-state index contributed by atoms with van der Waals surface area (Å²) in [7, 11) is 0. The van der Waals surface area contributed by atoms with Crippen LogP contribution in [-0.2, 0) is 0 Å². The predicted octanol–water partition coefficient (Wildman–Crippen LogP) is 3.44. The van der Waals surface area contributed by atoms with Crippen LogP contribution in [0.15, 0.2) is 55.0 Å². The average molecular weight is 224 g/mol. The highest BCUT2D eigenvalue weighted by atomic mass is 19.1. The van der Waals surface area contributed by atoms with Gasteiger partial charge in [-0.05, 0) is 17.5 Å². The van der Waals surface area contributed by atoms with Crippen molar-refractivity contribution in [2.45, 2.75) is 0 Å². The van der Waals surface area contributed by atoms with Gasteiger partial charge in [0.15, 0.2) is 0 Å². The number of nitrogens with zero attached hydrogens (tertiary/aromatic N) is 2. The van der Waals surface area contributed by atoms with Crippen molar-refractivity contribution in [1.82, 2.24) is 9.97 Å². The fourth-order valence-corrected chi connectivity index (χ4v) is 1.90. The molecule has 0 N–H and O–H groups in total. The highest BCUT2D eigenvalue weighted by molar-refractivity contribution is 5.95. The molecule has 0 aliphatic rings. The van der Waals surface area contributed by atoms with Gasteiger partial charge in [-0.3, -0.25) is 9.97 Å². The second-order valence-corrected chi connectivity index (χ2v) is 3.76. The first-order chi connectivity index (χ1) is 8.34. The number of aromatic nitrogens is 2. The van der Waals surface area contributed by atoms with Crippen molar-refractivity contribution in [2.24, 2.45) is 0 Å². The van der Waals surface area contributed by atoms with Gasteiger partial charge >= 0.3 is 0 Å². The molecule has 3 aromatic rings. The second kappa shape index (κ2) is 3.94. The second-order valence-electron chi connectivity index (χ2n) is 3.76. The van der Waals surface area contributed by atoms with E-state index in [1.807, 2.05) is 24.3 Å². The molecule has 3 heteroatoms. The van der Waals surface area contributed by atoms with Crippen LogP contribution in [0.2, 0.25) is 0 Å². The van der Waals surface area contributed by atoms with Crippen LogP contribution in [-0.4, -0.2) is 9.97 Å². The van der Waals surface area contributed by atoms with Gasteiger partial charge in [-0.15, -0.1) is 0 Å². The topological polar surface area (TPSA) is 25.8 Å². The van der Waals surface area contributed by atoms with Crippen LogP contribution in [0.4, 0.5) is 4.39 Å². The zero-order chi connectivity index (χ0) is 11.7. The molecule has 0 saturated carbocycles. The molecular formula is C14H9FN2. The third kappa shape index (κ3) is 1.76. The molecule has 0 amide bonds. The summed E-state index contributed by atoms with van der Waals surface area (Å²) in [6, 6.07) is 10.5. The molecule has 0 radical (unpaired) electrons. The zero-order valence-electron chi connectivity index (χ0n) is 8.97. The van der Waals surface area contributed by atoms with E-state index in [2.05, 4.69) is 9.97 Å². The molecule has 0 aliphatic heterocycles. The van der Waals surface area contributed by atoms with E-state index in [-0.39, 0.29) is 5.82 Å². The summed E-state index contributed by atoms with van der Waals surface area (Å²) in [6.07, 6.45) is 4.99. The minimum absolute atomic E-state index is 0.277. The number of halogens is 1. The van der Waals surface area contributed by atoms with Crippen molar-refractivity contribution in [3.05, 3.63) is 60.8 Å². The van der Waals surface area contributed by atoms with Crippen LogP contribution in [0.5, 0.6) is 0 Å². The van der Waals surface area contributed by atoms with Gasteiger partial charge in [-0.1, -0.05) is 18.2 Å². The van der Waals surface area contributed by atoms with Crippen molar-refractivity contribution >= 4 is 10.8 Å². The van der Waals surface area contributed by atoms with E-state index in [1.54, 1.807) is 12.4 Å². The third-order valence-electron chi connectivity index (χ3n) is 2.68. The molecule has 1 aromatic carbocycles. The molecule has 0 saturated heterocycles. The highest BCUT2D eigenvalue weighted by Crippen LogP contribution is 2.26. The van der Waals surface area contributed by atoms with Gasteiger partial charge in [-0.2, -0.15) is 0 Å². The Kier molecular flexibility index (Phi) is 2.29. The standard InChI is InChI=1S/C14H9FN2/c15-11-4-7-17-14(8-11)13-3-1-2-10-9-16-6-5-12(10)13/h1-9H. The maximum atomic E-state index is 13.2. The van der Waals surface area contributed by atoms with Crippen LogP contribution in [0.25, 0.3) is 22.0 Å². The number of rotatable bonds is 1. The summed E-state index contributed by atoms with van der Waals surface area (Å²) in [6.45, 7) is 0. The first kappa shape index (κ1) is 9.90. The van der Waals surface area contributed by atoms with Gasteiger partial charge in [0.05, 0.1) is 5.69 Å². The zero-order valence-corrected chi connectivity index (χ0v) is 8.97. The highest BCUT2D eigenvalue weighted by Gasteiger charge is 2.05. The van der Waals surface area contributed by atoms with Crippen LogP contribution in [0.3, 0.4) is 0 Å². The number of fused-ring (bicyclic) bond motifs is 1. The molecule has 2 heterocycles. The Morgan fingerprint density at radius 3 is 2.82 bits per heavy atom. The molecule has 3 rings (SSSR count). The van der Waals surface area contributed by atoms with E-state index in [4.69, 9.17) is 0 Å². The van der Waals surface area contributed by atoms with Gasteiger partial charge in [0.1, 0.15) is 5.82 Å². The maximum absolute atomic E-state index is 13.2. The van der Waals surface area contributed by atoms with Crippen molar-refractivity contribution in [1.29, 1.82) is 0 Å². The Bertz CT molecular complexity index is 674. The van der Waals surface area contributed by atoms with E-state index in [9.17, 15) is 4.39 Å². The van der Waals surface area contributed by atoms with Crippen molar-refractivity contribution in [2.75, 3.05) is 0 Å². The summed E-state index contributed by atoms with van der Waals surface area (Å²) < 4.78 is 13.2. The molecule has 0 bridgehead atoms. The van der Waals surface area contributed by atoms with Crippen molar-refractivity contribution in [3.8, 4) is 11.3 Å².